The van der Waals surface area contributed by atoms with E-state index in [4.69, 9.17) is 9.47 Å². The van der Waals surface area contributed by atoms with Crippen molar-refractivity contribution < 1.29 is 14.3 Å². The van der Waals surface area contributed by atoms with Crippen LogP contribution in [0.4, 0.5) is 0 Å². The number of pyridine rings is 1. The Bertz CT molecular complexity index is 986. The quantitative estimate of drug-likeness (QED) is 0.616. The van der Waals surface area contributed by atoms with Crippen molar-refractivity contribution in [3.63, 3.8) is 0 Å². The minimum absolute atomic E-state index is 0.112. The van der Waals surface area contributed by atoms with Crippen LogP contribution in [-0.4, -0.2) is 29.1 Å². The minimum atomic E-state index is 0.112. The van der Waals surface area contributed by atoms with E-state index >= 15 is 0 Å². The molecular formula is C23H24N2O3. The van der Waals surface area contributed by atoms with Gasteiger partial charge in [0.1, 0.15) is 0 Å². The average Bonchev–Trinajstić information content (AvgIpc) is 3.18. The number of fused-ring (bicyclic) bond motifs is 2. The summed E-state index contributed by atoms with van der Waals surface area (Å²) in [4.78, 5) is 19.5. The summed E-state index contributed by atoms with van der Waals surface area (Å²) >= 11 is 0. The van der Waals surface area contributed by atoms with Crippen molar-refractivity contribution in [3.05, 3.63) is 65.9 Å². The van der Waals surface area contributed by atoms with Crippen molar-refractivity contribution in [2.75, 3.05) is 13.3 Å². The number of hydrogen-bond donors (Lipinski definition) is 0. The smallest absolute Gasteiger partial charge is 0.231 e. The number of amides is 1. The fourth-order valence-corrected chi connectivity index (χ4v) is 3.40. The Morgan fingerprint density at radius 2 is 1.93 bits per heavy atom. The SMILES string of the molecule is CCCCN(Cc1cnc2ccccc2c1)C(=O)Cc1ccc2c(c1)OCO2. The molecule has 0 saturated heterocycles. The Morgan fingerprint density at radius 1 is 1.07 bits per heavy atom. The van der Waals surface area contributed by atoms with E-state index in [9.17, 15) is 4.79 Å². The van der Waals surface area contributed by atoms with Gasteiger partial charge in [0.25, 0.3) is 0 Å². The van der Waals surface area contributed by atoms with Gasteiger partial charge < -0.3 is 14.4 Å². The molecule has 0 radical (unpaired) electrons. The maximum absolute atomic E-state index is 13.0. The summed E-state index contributed by atoms with van der Waals surface area (Å²) in [6, 6.07) is 15.9. The molecule has 0 fully saturated rings. The van der Waals surface area contributed by atoms with Gasteiger partial charge in [-0.05, 0) is 41.8 Å². The van der Waals surface area contributed by atoms with Gasteiger partial charge in [0.2, 0.25) is 12.7 Å². The second kappa shape index (κ2) is 8.30. The topological polar surface area (TPSA) is 51.7 Å². The highest BCUT2D eigenvalue weighted by Crippen LogP contribution is 2.32. The third kappa shape index (κ3) is 4.09. The Hall–Kier alpha value is -3.08. The van der Waals surface area contributed by atoms with E-state index in [1.165, 1.54) is 0 Å². The van der Waals surface area contributed by atoms with Gasteiger partial charge in [0.15, 0.2) is 11.5 Å². The third-order valence-electron chi connectivity index (χ3n) is 4.95. The number of ether oxygens (including phenoxy) is 2. The first-order valence-electron chi connectivity index (χ1n) is 9.73. The highest BCUT2D eigenvalue weighted by Gasteiger charge is 2.18. The van der Waals surface area contributed by atoms with Gasteiger partial charge in [-0.3, -0.25) is 9.78 Å². The minimum Gasteiger partial charge on any atom is -0.454 e. The van der Waals surface area contributed by atoms with Gasteiger partial charge in [0, 0.05) is 24.7 Å². The fraction of sp³-hybridized carbons (Fsp3) is 0.304. The van der Waals surface area contributed by atoms with Gasteiger partial charge in [-0.25, -0.2) is 0 Å². The number of hydrogen-bond acceptors (Lipinski definition) is 4. The number of unbranched alkanes of at least 4 members (excludes halogenated alkanes) is 1. The van der Waals surface area contributed by atoms with E-state index in [2.05, 4.69) is 24.0 Å². The maximum atomic E-state index is 13.0. The number of carbonyl (C=O) groups is 1. The zero-order valence-corrected chi connectivity index (χ0v) is 16.1. The predicted molar refractivity (Wildman–Crippen MR) is 108 cm³/mol. The lowest BCUT2D eigenvalue weighted by molar-refractivity contribution is -0.131. The van der Waals surface area contributed by atoms with E-state index in [0.29, 0.717) is 18.7 Å². The molecule has 28 heavy (non-hydrogen) atoms. The third-order valence-corrected chi connectivity index (χ3v) is 4.95. The normalized spacial score (nSPS) is 12.3. The van der Waals surface area contributed by atoms with Crippen LogP contribution in [0.2, 0.25) is 0 Å². The Labute approximate surface area is 164 Å². The highest BCUT2D eigenvalue weighted by molar-refractivity contribution is 5.80. The van der Waals surface area contributed by atoms with Crippen LogP contribution in [0.3, 0.4) is 0 Å². The molecule has 5 heteroatoms. The Morgan fingerprint density at radius 3 is 2.82 bits per heavy atom. The zero-order valence-electron chi connectivity index (χ0n) is 16.1. The van der Waals surface area contributed by atoms with Crippen LogP contribution in [0, 0.1) is 0 Å². The van der Waals surface area contributed by atoms with Crippen LogP contribution in [0.5, 0.6) is 11.5 Å². The number of aromatic nitrogens is 1. The molecule has 3 aromatic rings. The molecule has 4 rings (SSSR count). The number of carbonyl (C=O) groups excluding carboxylic acids is 1. The van der Waals surface area contributed by atoms with Crippen LogP contribution >= 0.6 is 0 Å². The molecule has 0 bridgehead atoms. The van der Waals surface area contributed by atoms with Gasteiger partial charge in [-0.15, -0.1) is 0 Å². The second-order valence-corrected chi connectivity index (χ2v) is 7.07. The summed E-state index contributed by atoms with van der Waals surface area (Å²) in [6.45, 7) is 3.69. The largest absolute Gasteiger partial charge is 0.454 e. The molecule has 0 unspecified atom stereocenters. The fourth-order valence-electron chi connectivity index (χ4n) is 3.40. The predicted octanol–water partition coefficient (Wildman–Crippen LogP) is 4.33. The standard InChI is InChI=1S/C23H24N2O3/c1-2-3-10-25(15-18-11-19-6-4-5-7-20(19)24-14-18)23(26)13-17-8-9-21-22(12-17)28-16-27-21/h4-9,11-12,14H,2-3,10,13,15-16H2,1H3. The van der Waals surface area contributed by atoms with Crippen molar-refractivity contribution in [1.82, 2.24) is 9.88 Å². The lowest BCUT2D eigenvalue weighted by Crippen LogP contribution is -2.32. The first-order chi connectivity index (χ1) is 13.7. The van der Waals surface area contributed by atoms with Crippen LogP contribution in [0.15, 0.2) is 54.7 Å². The number of nitrogens with zero attached hydrogens (tertiary/aromatic N) is 2. The number of benzene rings is 2. The molecule has 1 aliphatic heterocycles. The molecular weight excluding hydrogens is 352 g/mol. The molecule has 0 aliphatic carbocycles. The number of rotatable bonds is 7. The van der Waals surface area contributed by atoms with E-state index < -0.39 is 0 Å². The van der Waals surface area contributed by atoms with Crippen molar-refractivity contribution in [2.24, 2.45) is 0 Å². The number of para-hydroxylation sites is 1. The molecule has 2 aromatic carbocycles. The van der Waals surface area contributed by atoms with Crippen LogP contribution in [-0.2, 0) is 17.8 Å². The molecule has 0 atom stereocenters. The summed E-state index contributed by atoms with van der Waals surface area (Å²) in [5.74, 6) is 1.56. The second-order valence-electron chi connectivity index (χ2n) is 7.07. The molecule has 0 saturated carbocycles. The molecule has 5 nitrogen and oxygen atoms in total. The molecule has 1 aromatic heterocycles. The monoisotopic (exact) mass is 376 g/mol. The molecule has 2 heterocycles. The molecule has 0 N–H and O–H groups in total. The Balaban J connectivity index is 1.50. The van der Waals surface area contributed by atoms with Crippen LogP contribution in [0.25, 0.3) is 10.9 Å². The maximum Gasteiger partial charge on any atom is 0.231 e. The van der Waals surface area contributed by atoms with Gasteiger partial charge in [-0.1, -0.05) is 37.6 Å². The van der Waals surface area contributed by atoms with Gasteiger partial charge in [0.05, 0.1) is 11.9 Å². The summed E-state index contributed by atoms with van der Waals surface area (Å²) in [5.41, 5.74) is 2.96. The van der Waals surface area contributed by atoms with Crippen LogP contribution < -0.4 is 9.47 Å². The average molecular weight is 376 g/mol. The van der Waals surface area contributed by atoms with Crippen LogP contribution in [0.1, 0.15) is 30.9 Å². The first-order valence-corrected chi connectivity index (χ1v) is 9.73. The lowest BCUT2D eigenvalue weighted by atomic mass is 10.1. The highest BCUT2D eigenvalue weighted by atomic mass is 16.7. The molecule has 0 spiro atoms. The van der Waals surface area contributed by atoms with Crippen molar-refractivity contribution in [3.8, 4) is 11.5 Å². The lowest BCUT2D eigenvalue weighted by Gasteiger charge is -2.23. The molecule has 1 amide bonds. The first kappa shape index (κ1) is 18.3. The van der Waals surface area contributed by atoms with Crippen molar-refractivity contribution >= 4 is 16.8 Å². The van der Waals surface area contributed by atoms with Crippen molar-refractivity contribution in [1.29, 1.82) is 0 Å². The Kier molecular flexibility index (Phi) is 5.42. The van der Waals surface area contributed by atoms with E-state index in [1.807, 2.05) is 47.5 Å². The summed E-state index contributed by atoms with van der Waals surface area (Å²) in [7, 11) is 0. The summed E-state index contributed by atoms with van der Waals surface area (Å²) in [5, 5.41) is 1.10. The molecule has 1 aliphatic rings. The summed E-state index contributed by atoms with van der Waals surface area (Å²) < 4.78 is 10.8. The van der Waals surface area contributed by atoms with E-state index in [1.54, 1.807) is 0 Å². The molecule has 144 valence electrons. The van der Waals surface area contributed by atoms with Gasteiger partial charge >= 0.3 is 0 Å². The van der Waals surface area contributed by atoms with E-state index in [0.717, 1.165) is 47.2 Å². The van der Waals surface area contributed by atoms with Gasteiger partial charge in [-0.2, -0.15) is 0 Å². The van der Waals surface area contributed by atoms with E-state index in [-0.39, 0.29) is 12.7 Å². The van der Waals surface area contributed by atoms with Crippen molar-refractivity contribution in [2.45, 2.75) is 32.7 Å². The zero-order chi connectivity index (χ0) is 19.3. The summed E-state index contributed by atoms with van der Waals surface area (Å²) in [6.07, 6.45) is 4.24.